The molecule has 0 amide bonds. The molecule has 4 heteroatoms. The predicted octanol–water partition coefficient (Wildman–Crippen LogP) is 12.7. The van der Waals surface area contributed by atoms with Crippen LogP contribution < -0.4 is 0 Å². The first-order valence-corrected chi connectivity index (χ1v) is 19.7. The highest BCUT2D eigenvalue weighted by molar-refractivity contribution is 5.69. The summed E-state index contributed by atoms with van der Waals surface area (Å²) >= 11 is 0. The van der Waals surface area contributed by atoms with E-state index in [9.17, 15) is 9.90 Å². The molecule has 268 valence electrons. The summed E-state index contributed by atoms with van der Waals surface area (Å²) in [6.07, 6.45) is 50.1. The fourth-order valence-electron chi connectivity index (χ4n) is 5.39. The number of allylic oxidation sites excluding steroid dienone is 8. The average molecular weight is 645 g/mol. The Morgan fingerprint density at radius 3 is 1.39 bits per heavy atom. The van der Waals surface area contributed by atoms with Crippen molar-refractivity contribution < 1.29 is 19.4 Å². The summed E-state index contributed by atoms with van der Waals surface area (Å²) in [5.41, 5.74) is 0. The molecule has 0 aromatic rings. The van der Waals surface area contributed by atoms with E-state index in [1.54, 1.807) is 0 Å². The molecule has 0 fully saturated rings. The topological polar surface area (TPSA) is 55.8 Å². The Kier molecular flexibility index (Phi) is 38.1. The Hall–Kier alpha value is -1.65. The largest absolute Gasteiger partial charge is 0.457 e. The number of ether oxygens (including phenoxy) is 2. The maximum absolute atomic E-state index is 12.2. The van der Waals surface area contributed by atoms with Crippen molar-refractivity contribution in [2.24, 2.45) is 0 Å². The van der Waals surface area contributed by atoms with Crippen LogP contribution in [0.25, 0.3) is 0 Å². The normalized spacial score (nSPS) is 12.8. The van der Waals surface area contributed by atoms with Gasteiger partial charge in [-0.1, -0.05) is 152 Å². The molecule has 1 unspecified atom stereocenters. The highest BCUT2D eigenvalue weighted by Gasteiger charge is 2.13. The molecule has 1 atom stereocenters. The number of unbranched alkanes of at least 4 members (excludes halogenated alkanes) is 20. The number of rotatable bonds is 36. The molecule has 0 aliphatic carbocycles. The fraction of sp³-hybridized carbons (Fsp3) is 0.786. The minimum atomic E-state index is -0.544. The summed E-state index contributed by atoms with van der Waals surface area (Å²) in [5, 5.41) is 9.57. The molecule has 0 aliphatic rings. The first-order chi connectivity index (χ1) is 22.7. The monoisotopic (exact) mass is 645 g/mol. The molecule has 4 nitrogen and oxygen atoms in total. The van der Waals surface area contributed by atoms with Gasteiger partial charge in [0.25, 0.3) is 0 Å². The summed E-state index contributed by atoms with van der Waals surface area (Å²) in [6.45, 7) is 5.28. The van der Waals surface area contributed by atoms with Crippen molar-refractivity contribution in [2.45, 2.75) is 193 Å². The summed E-state index contributed by atoms with van der Waals surface area (Å²) in [5.74, 6) is -0.213. The highest BCUT2D eigenvalue weighted by Crippen LogP contribution is 2.12. The third-order valence-electron chi connectivity index (χ3n) is 8.38. The van der Waals surface area contributed by atoms with Crippen LogP contribution in [0.4, 0.5) is 0 Å². The van der Waals surface area contributed by atoms with Crippen LogP contribution in [0.1, 0.15) is 187 Å². The zero-order valence-corrected chi connectivity index (χ0v) is 30.6. The molecular weight excluding hydrogens is 568 g/mol. The maximum atomic E-state index is 12.2. The maximum Gasteiger partial charge on any atom is 0.306 e. The van der Waals surface area contributed by atoms with Gasteiger partial charge in [0.15, 0.2) is 0 Å². The van der Waals surface area contributed by atoms with E-state index in [1.165, 1.54) is 128 Å². The second-order valence-electron chi connectivity index (χ2n) is 13.0. The van der Waals surface area contributed by atoms with Crippen molar-refractivity contribution in [3.05, 3.63) is 48.6 Å². The Morgan fingerprint density at radius 2 is 0.913 bits per heavy atom. The van der Waals surface area contributed by atoms with Gasteiger partial charge >= 0.3 is 5.97 Å². The molecule has 0 aromatic carbocycles. The van der Waals surface area contributed by atoms with E-state index in [0.717, 1.165) is 38.5 Å². The van der Waals surface area contributed by atoms with Crippen molar-refractivity contribution >= 4 is 5.97 Å². The molecule has 46 heavy (non-hydrogen) atoms. The fourth-order valence-corrected chi connectivity index (χ4v) is 5.39. The van der Waals surface area contributed by atoms with Crippen molar-refractivity contribution in [3.8, 4) is 0 Å². The second-order valence-corrected chi connectivity index (χ2v) is 13.0. The Balaban J connectivity index is 3.48. The van der Waals surface area contributed by atoms with Crippen LogP contribution in [0.2, 0.25) is 0 Å². The van der Waals surface area contributed by atoms with Gasteiger partial charge < -0.3 is 14.6 Å². The third kappa shape index (κ3) is 36.8. The lowest BCUT2D eigenvalue weighted by molar-refractivity contribution is -0.154. The molecular formula is C42H76O4. The number of aliphatic hydroxyl groups excluding tert-OH is 1. The van der Waals surface area contributed by atoms with Crippen LogP contribution in [0.3, 0.4) is 0 Å². The van der Waals surface area contributed by atoms with Crippen molar-refractivity contribution in [3.63, 3.8) is 0 Å². The van der Waals surface area contributed by atoms with E-state index < -0.39 is 6.10 Å². The van der Waals surface area contributed by atoms with Gasteiger partial charge in [0.1, 0.15) is 6.10 Å². The number of carbonyl (C=O) groups excluding carboxylic acids is 1. The van der Waals surface area contributed by atoms with Gasteiger partial charge in [-0.05, 0) is 77.0 Å². The van der Waals surface area contributed by atoms with E-state index in [2.05, 4.69) is 62.5 Å². The quantitative estimate of drug-likeness (QED) is 0.0419. The first kappa shape index (κ1) is 44.4. The van der Waals surface area contributed by atoms with Gasteiger partial charge in [-0.15, -0.1) is 0 Å². The summed E-state index contributed by atoms with van der Waals surface area (Å²) < 4.78 is 11.1. The minimum Gasteiger partial charge on any atom is -0.457 e. The third-order valence-corrected chi connectivity index (χ3v) is 8.38. The molecule has 0 rings (SSSR count). The Morgan fingerprint density at radius 1 is 0.522 bits per heavy atom. The van der Waals surface area contributed by atoms with Crippen molar-refractivity contribution in [1.29, 1.82) is 0 Å². The number of hydrogen-bond acceptors (Lipinski definition) is 4. The van der Waals surface area contributed by atoms with Crippen molar-refractivity contribution in [1.82, 2.24) is 0 Å². The van der Waals surface area contributed by atoms with Crippen LogP contribution in [-0.2, 0) is 14.3 Å². The summed E-state index contributed by atoms with van der Waals surface area (Å²) in [7, 11) is 0. The lowest BCUT2D eigenvalue weighted by Gasteiger charge is -2.15. The van der Waals surface area contributed by atoms with Gasteiger partial charge in [0, 0.05) is 13.0 Å². The predicted molar refractivity (Wildman–Crippen MR) is 200 cm³/mol. The number of carbonyl (C=O) groups is 1. The lowest BCUT2D eigenvalue weighted by Crippen LogP contribution is -2.27. The Bertz CT molecular complexity index is 723. The zero-order valence-electron chi connectivity index (χ0n) is 30.6. The second kappa shape index (κ2) is 39.5. The van der Waals surface area contributed by atoms with Gasteiger partial charge in [0.2, 0.25) is 0 Å². The van der Waals surface area contributed by atoms with Gasteiger partial charge in [0.05, 0.1) is 13.2 Å². The molecule has 0 saturated carbocycles. The molecule has 1 N–H and O–H groups in total. The number of esters is 1. The first-order valence-electron chi connectivity index (χ1n) is 19.7. The Labute approximate surface area is 286 Å². The minimum absolute atomic E-state index is 0.180. The lowest BCUT2D eigenvalue weighted by atomic mass is 10.1. The number of aliphatic hydroxyl groups is 1. The summed E-state index contributed by atoms with van der Waals surface area (Å²) in [4.78, 5) is 12.2. The standard InChI is InChI=1S/C42H76O4/c1-3-5-7-9-11-13-15-17-19-21-22-23-25-27-29-31-33-35-37-42(44)46-41(39-43)40-45-38-36-34-32-30-28-26-24-20-18-16-14-12-10-8-6-4-2/h12-15,18-21,41,43H,3-11,16-17,22-40H2,1-2H3/b14-12-,15-13-,20-18-,21-19-. The van der Waals surface area contributed by atoms with E-state index in [1.807, 2.05) is 0 Å². The molecule has 0 aromatic heterocycles. The molecule has 0 saturated heterocycles. The SMILES string of the molecule is CCCCC/C=C\C/C=C\CCCCCCCCOCC(CO)OC(=O)CCCCCCCCC/C=C\C/C=C\CCCCCC. The zero-order chi connectivity index (χ0) is 33.4. The highest BCUT2D eigenvalue weighted by atomic mass is 16.6. The van der Waals surface area contributed by atoms with Crippen LogP contribution in [-0.4, -0.2) is 37.0 Å². The molecule has 0 heterocycles. The van der Waals surface area contributed by atoms with Crippen LogP contribution in [0.5, 0.6) is 0 Å². The van der Waals surface area contributed by atoms with Gasteiger partial charge in [-0.25, -0.2) is 0 Å². The molecule has 0 radical (unpaired) electrons. The van der Waals surface area contributed by atoms with Crippen molar-refractivity contribution in [2.75, 3.05) is 19.8 Å². The molecule has 0 spiro atoms. The average Bonchev–Trinajstić information content (AvgIpc) is 3.06. The summed E-state index contributed by atoms with van der Waals surface area (Å²) in [6, 6.07) is 0. The molecule has 0 bridgehead atoms. The molecule has 0 aliphatic heterocycles. The van der Waals surface area contributed by atoms with E-state index in [-0.39, 0.29) is 19.2 Å². The van der Waals surface area contributed by atoms with Gasteiger partial charge in [-0.3, -0.25) is 4.79 Å². The van der Waals surface area contributed by atoms with Crippen LogP contribution in [0.15, 0.2) is 48.6 Å². The van der Waals surface area contributed by atoms with Gasteiger partial charge in [-0.2, -0.15) is 0 Å². The number of hydrogen-bond donors (Lipinski definition) is 1. The van der Waals surface area contributed by atoms with Crippen LogP contribution >= 0.6 is 0 Å². The van der Waals surface area contributed by atoms with Crippen LogP contribution in [0, 0.1) is 0 Å². The van der Waals surface area contributed by atoms with E-state index >= 15 is 0 Å². The van der Waals surface area contributed by atoms with E-state index in [0.29, 0.717) is 13.0 Å². The van der Waals surface area contributed by atoms with E-state index in [4.69, 9.17) is 9.47 Å². The smallest absolute Gasteiger partial charge is 0.306 e.